The van der Waals surface area contributed by atoms with Gasteiger partial charge in [0, 0.05) is 0 Å². The van der Waals surface area contributed by atoms with Crippen LogP contribution in [0, 0.1) is 5.82 Å². The molecular weight excluding hydrogens is 226 g/mol. The minimum absolute atomic E-state index is 0.125. The molecule has 0 spiro atoms. The van der Waals surface area contributed by atoms with Crippen LogP contribution in [0.1, 0.15) is 24.1 Å². The lowest BCUT2D eigenvalue weighted by atomic mass is 10.0. The Morgan fingerprint density at radius 3 is 2.25 bits per heavy atom. The Labute approximate surface area is 89.7 Å². The summed E-state index contributed by atoms with van der Waals surface area (Å²) in [6.45, 7) is 1.38. The molecule has 0 saturated carbocycles. The number of hydrogen-bond acceptors (Lipinski definition) is 2. The molecule has 2 atom stereocenters. The molecule has 2 nitrogen and oxygen atoms in total. The van der Waals surface area contributed by atoms with Gasteiger partial charge in [-0.3, -0.25) is 0 Å². The molecule has 0 fully saturated rings. The third-order valence-corrected chi connectivity index (χ3v) is 2.20. The number of benzene rings is 1. The highest BCUT2D eigenvalue weighted by molar-refractivity contribution is 5.28. The summed E-state index contributed by atoms with van der Waals surface area (Å²) in [5, 5.41) is 9.12. The summed E-state index contributed by atoms with van der Waals surface area (Å²) >= 11 is 0. The lowest BCUT2D eigenvalue weighted by Crippen LogP contribution is -2.23. The molecule has 0 amide bonds. The van der Waals surface area contributed by atoms with Crippen LogP contribution in [0.25, 0.3) is 0 Å². The van der Waals surface area contributed by atoms with Crippen LogP contribution >= 0.6 is 0 Å². The predicted molar refractivity (Wildman–Crippen MR) is 50.0 cm³/mol. The maximum atomic E-state index is 13.1. The largest absolute Gasteiger partial charge is 0.419 e. The number of hydrogen-bond donors (Lipinski definition) is 2. The van der Waals surface area contributed by atoms with Crippen LogP contribution in [0.5, 0.6) is 0 Å². The fourth-order valence-electron chi connectivity index (χ4n) is 1.25. The highest BCUT2D eigenvalue weighted by atomic mass is 19.4. The predicted octanol–water partition coefficient (Wildman–Crippen LogP) is 2.23. The van der Waals surface area contributed by atoms with Crippen LogP contribution in [0.2, 0.25) is 0 Å². The van der Waals surface area contributed by atoms with E-state index in [1.807, 2.05) is 0 Å². The van der Waals surface area contributed by atoms with E-state index in [0.717, 1.165) is 6.07 Å². The summed E-state index contributed by atoms with van der Waals surface area (Å²) in [6.07, 6.45) is -5.69. The first kappa shape index (κ1) is 12.9. The number of aliphatic hydroxyl groups excluding tert-OH is 1. The van der Waals surface area contributed by atoms with E-state index >= 15 is 0 Å². The molecule has 1 rings (SSSR count). The lowest BCUT2D eigenvalue weighted by molar-refractivity contribution is -0.140. The fraction of sp³-hybridized carbons (Fsp3) is 0.400. The van der Waals surface area contributed by atoms with E-state index in [1.165, 1.54) is 6.92 Å². The van der Waals surface area contributed by atoms with Crippen LogP contribution in [0.15, 0.2) is 18.2 Å². The molecule has 90 valence electrons. The Bertz CT molecular complexity index is 376. The average molecular weight is 237 g/mol. The molecule has 0 saturated heterocycles. The Morgan fingerprint density at radius 1 is 1.31 bits per heavy atom. The molecule has 0 aliphatic heterocycles. The fourth-order valence-corrected chi connectivity index (χ4v) is 1.25. The SMILES string of the molecule is C[C@@H](O)[C@H](N)c1ccc(C(F)(F)F)c(F)c1. The second-order valence-corrected chi connectivity index (χ2v) is 3.50. The van der Waals surface area contributed by atoms with Crippen LogP contribution in [0.4, 0.5) is 17.6 Å². The number of nitrogens with two attached hydrogens (primary N) is 1. The first-order valence-corrected chi connectivity index (χ1v) is 4.53. The summed E-state index contributed by atoms with van der Waals surface area (Å²) in [5.41, 5.74) is 4.25. The Kier molecular flexibility index (Phi) is 3.54. The molecular formula is C10H11F4NO. The summed E-state index contributed by atoms with van der Waals surface area (Å²) in [6, 6.07) is 1.47. The van der Waals surface area contributed by atoms with Crippen LogP contribution in [-0.4, -0.2) is 11.2 Å². The second kappa shape index (κ2) is 4.39. The standard InChI is InChI=1S/C10H11F4NO/c1-5(16)9(15)6-2-3-7(8(11)4-6)10(12,13)14/h2-5,9,16H,15H2,1H3/t5-,9+/m1/s1. The molecule has 0 aromatic heterocycles. The van der Waals surface area contributed by atoms with Crippen molar-refractivity contribution in [3.63, 3.8) is 0 Å². The first-order valence-electron chi connectivity index (χ1n) is 4.53. The molecule has 0 heterocycles. The molecule has 16 heavy (non-hydrogen) atoms. The van der Waals surface area contributed by atoms with Gasteiger partial charge in [-0.05, 0) is 24.6 Å². The molecule has 0 aliphatic carbocycles. The highest BCUT2D eigenvalue weighted by Crippen LogP contribution is 2.32. The van der Waals surface area contributed by atoms with Gasteiger partial charge >= 0.3 is 6.18 Å². The van der Waals surface area contributed by atoms with Crippen molar-refractivity contribution < 1.29 is 22.7 Å². The van der Waals surface area contributed by atoms with Gasteiger partial charge in [0.05, 0.1) is 17.7 Å². The van der Waals surface area contributed by atoms with E-state index < -0.39 is 29.7 Å². The number of halogens is 4. The molecule has 0 bridgehead atoms. The van der Waals surface area contributed by atoms with Crippen molar-refractivity contribution >= 4 is 0 Å². The Morgan fingerprint density at radius 2 is 1.88 bits per heavy atom. The van der Waals surface area contributed by atoms with Gasteiger partial charge in [0.25, 0.3) is 0 Å². The molecule has 6 heteroatoms. The lowest BCUT2D eigenvalue weighted by Gasteiger charge is -2.16. The zero-order chi connectivity index (χ0) is 12.5. The quantitative estimate of drug-likeness (QED) is 0.775. The van der Waals surface area contributed by atoms with Crippen molar-refractivity contribution in [3.05, 3.63) is 35.1 Å². The minimum Gasteiger partial charge on any atom is -0.391 e. The number of aliphatic hydroxyl groups is 1. The van der Waals surface area contributed by atoms with E-state index in [-0.39, 0.29) is 5.56 Å². The van der Waals surface area contributed by atoms with Crippen molar-refractivity contribution in [1.82, 2.24) is 0 Å². The molecule has 0 unspecified atom stereocenters. The van der Waals surface area contributed by atoms with Crippen LogP contribution in [-0.2, 0) is 6.18 Å². The molecule has 1 aromatic rings. The topological polar surface area (TPSA) is 46.2 Å². The van der Waals surface area contributed by atoms with Gasteiger partial charge in [-0.15, -0.1) is 0 Å². The zero-order valence-corrected chi connectivity index (χ0v) is 8.42. The van der Waals surface area contributed by atoms with Crippen molar-refractivity contribution in [2.75, 3.05) is 0 Å². The summed E-state index contributed by atoms with van der Waals surface area (Å²) in [7, 11) is 0. The van der Waals surface area contributed by atoms with Gasteiger partial charge in [0.2, 0.25) is 0 Å². The van der Waals surface area contributed by atoms with Gasteiger partial charge in [-0.2, -0.15) is 13.2 Å². The number of rotatable bonds is 2. The van der Waals surface area contributed by atoms with Gasteiger partial charge in [-0.1, -0.05) is 6.07 Å². The number of alkyl halides is 3. The third-order valence-electron chi connectivity index (χ3n) is 2.20. The summed E-state index contributed by atoms with van der Waals surface area (Å²) < 4.78 is 49.8. The first-order chi connectivity index (χ1) is 7.23. The molecule has 0 aliphatic rings. The average Bonchev–Trinajstić information content (AvgIpc) is 2.14. The van der Waals surface area contributed by atoms with E-state index in [2.05, 4.69) is 0 Å². The summed E-state index contributed by atoms with van der Waals surface area (Å²) in [4.78, 5) is 0. The van der Waals surface area contributed by atoms with Gasteiger partial charge in [0.15, 0.2) is 0 Å². The second-order valence-electron chi connectivity index (χ2n) is 3.50. The van der Waals surface area contributed by atoms with Gasteiger partial charge in [-0.25, -0.2) is 4.39 Å². The van der Waals surface area contributed by atoms with E-state index in [4.69, 9.17) is 10.8 Å². The summed E-state index contributed by atoms with van der Waals surface area (Å²) in [5.74, 6) is -1.39. The minimum atomic E-state index is -4.72. The monoisotopic (exact) mass is 237 g/mol. The third kappa shape index (κ3) is 2.70. The van der Waals surface area contributed by atoms with E-state index in [0.29, 0.717) is 12.1 Å². The van der Waals surface area contributed by atoms with Crippen molar-refractivity contribution in [2.45, 2.75) is 25.2 Å². The molecule has 1 aromatic carbocycles. The Balaban J connectivity index is 3.09. The molecule has 3 N–H and O–H groups in total. The maximum Gasteiger partial charge on any atom is 0.419 e. The zero-order valence-electron chi connectivity index (χ0n) is 8.42. The van der Waals surface area contributed by atoms with Gasteiger partial charge in [0.1, 0.15) is 5.82 Å². The van der Waals surface area contributed by atoms with E-state index in [9.17, 15) is 17.6 Å². The Hall–Kier alpha value is -1.14. The van der Waals surface area contributed by atoms with Crippen molar-refractivity contribution in [2.24, 2.45) is 5.73 Å². The highest BCUT2D eigenvalue weighted by Gasteiger charge is 2.34. The van der Waals surface area contributed by atoms with Crippen LogP contribution < -0.4 is 5.73 Å². The smallest absolute Gasteiger partial charge is 0.391 e. The normalized spacial score (nSPS) is 15.9. The van der Waals surface area contributed by atoms with Crippen molar-refractivity contribution in [3.8, 4) is 0 Å². The molecule has 0 radical (unpaired) electrons. The van der Waals surface area contributed by atoms with Crippen molar-refractivity contribution in [1.29, 1.82) is 0 Å². The van der Waals surface area contributed by atoms with Gasteiger partial charge < -0.3 is 10.8 Å². The van der Waals surface area contributed by atoms with Crippen LogP contribution in [0.3, 0.4) is 0 Å². The van der Waals surface area contributed by atoms with E-state index in [1.54, 1.807) is 0 Å². The maximum absolute atomic E-state index is 13.1.